The Morgan fingerprint density at radius 2 is 2.09 bits per heavy atom. The lowest BCUT2D eigenvalue weighted by atomic mass is 10.0. The number of methoxy groups -OCH3 is 1. The van der Waals surface area contributed by atoms with Gasteiger partial charge in [0.2, 0.25) is 5.95 Å². The Bertz CT molecular complexity index is 1220. The van der Waals surface area contributed by atoms with Crippen molar-refractivity contribution in [3.8, 4) is 11.3 Å². The van der Waals surface area contributed by atoms with Crippen LogP contribution in [0.25, 0.3) is 22.4 Å². The summed E-state index contributed by atoms with van der Waals surface area (Å²) in [5.41, 5.74) is 3.26. The Labute approximate surface area is 184 Å². The minimum absolute atomic E-state index is 0.337. The third-order valence-electron chi connectivity index (χ3n) is 5.83. The van der Waals surface area contributed by atoms with E-state index in [0.717, 1.165) is 35.5 Å². The van der Waals surface area contributed by atoms with Crippen LogP contribution in [0, 0.1) is 0 Å². The third-order valence-corrected chi connectivity index (χ3v) is 5.83. The molecule has 2 atom stereocenters. The summed E-state index contributed by atoms with van der Waals surface area (Å²) in [5, 5.41) is 15.6. The summed E-state index contributed by atoms with van der Waals surface area (Å²) in [5.74, 6) is 1.03. The van der Waals surface area contributed by atoms with Gasteiger partial charge in [0.25, 0.3) is 0 Å². The number of nitrogens with one attached hydrogen (secondary N) is 2. The van der Waals surface area contributed by atoms with E-state index in [1.54, 1.807) is 22.3 Å². The fraction of sp³-hybridized carbons (Fsp3) is 0.429. The molecular formula is C21H26FN9O. The summed E-state index contributed by atoms with van der Waals surface area (Å²) in [6.07, 6.45) is 5.04. The monoisotopic (exact) mass is 439 g/mol. The quantitative estimate of drug-likeness (QED) is 0.451. The number of nitrogens with zero attached hydrogens (tertiary/aromatic N) is 7. The highest BCUT2D eigenvalue weighted by atomic mass is 19.1. The predicted molar refractivity (Wildman–Crippen MR) is 120 cm³/mol. The Kier molecular flexibility index (Phi) is 5.58. The molecule has 0 aliphatic carbocycles. The fourth-order valence-electron chi connectivity index (χ4n) is 4.15. The molecule has 0 spiro atoms. The SMILES string of the molecule is CNc1nc(N[C@H]2CCN(CCOC)C[C@@H]2F)nn2ccc(-c3ccc4nccn4n3)c12. The van der Waals surface area contributed by atoms with Crippen LogP contribution in [0.4, 0.5) is 16.2 Å². The van der Waals surface area contributed by atoms with Gasteiger partial charge in [0.1, 0.15) is 11.7 Å². The van der Waals surface area contributed by atoms with E-state index in [0.29, 0.717) is 31.3 Å². The van der Waals surface area contributed by atoms with Gasteiger partial charge in [-0.15, -0.1) is 5.10 Å². The number of piperidine rings is 1. The van der Waals surface area contributed by atoms with Gasteiger partial charge >= 0.3 is 0 Å². The van der Waals surface area contributed by atoms with Crippen LogP contribution in [0.2, 0.25) is 0 Å². The molecule has 5 rings (SSSR count). The highest BCUT2D eigenvalue weighted by molar-refractivity contribution is 5.87. The molecule has 11 heteroatoms. The van der Waals surface area contributed by atoms with E-state index < -0.39 is 6.17 Å². The predicted octanol–water partition coefficient (Wildman–Crippen LogP) is 1.95. The third kappa shape index (κ3) is 3.84. The molecule has 0 unspecified atom stereocenters. The normalized spacial score (nSPS) is 19.6. The van der Waals surface area contributed by atoms with Gasteiger partial charge in [0, 0.05) is 57.9 Å². The van der Waals surface area contributed by atoms with Crippen molar-refractivity contribution in [2.24, 2.45) is 0 Å². The van der Waals surface area contributed by atoms with E-state index in [1.807, 2.05) is 37.6 Å². The smallest absolute Gasteiger partial charge is 0.243 e. The lowest BCUT2D eigenvalue weighted by Crippen LogP contribution is -2.48. The largest absolute Gasteiger partial charge is 0.383 e. The van der Waals surface area contributed by atoms with E-state index in [1.165, 1.54) is 0 Å². The van der Waals surface area contributed by atoms with E-state index in [9.17, 15) is 4.39 Å². The first-order valence-corrected chi connectivity index (χ1v) is 10.7. The number of likely N-dealkylation sites (tertiary alicyclic amines) is 1. The Morgan fingerprint density at radius 3 is 2.91 bits per heavy atom. The van der Waals surface area contributed by atoms with Crippen molar-refractivity contribution in [3.63, 3.8) is 0 Å². The number of halogens is 1. The second-order valence-electron chi connectivity index (χ2n) is 7.85. The molecule has 1 fully saturated rings. The van der Waals surface area contributed by atoms with Gasteiger partial charge in [-0.25, -0.2) is 18.4 Å². The fourth-order valence-corrected chi connectivity index (χ4v) is 4.15. The van der Waals surface area contributed by atoms with Crippen molar-refractivity contribution < 1.29 is 9.13 Å². The van der Waals surface area contributed by atoms with Gasteiger partial charge in [0.15, 0.2) is 11.5 Å². The van der Waals surface area contributed by atoms with E-state index in [2.05, 4.69) is 35.7 Å². The summed E-state index contributed by atoms with van der Waals surface area (Å²) < 4.78 is 23.4. The molecule has 10 nitrogen and oxygen atoms in total. The van der Waals surface area contributed by atoms with E-state index >= 15 is 0 Å². The number of aromatic nitrogens is 6. The van der Waals surface area contributed by atoms with Crippen LogP contribution in [0.3, 0.4) is 0 Å². The molecule has 0 saturated carbocycles. The highest BCUT2D eigenvalue weighted by Gasteiger charge is 2.30. The molecule has 0 aromatic carbocycles. The van der Waals surface area contributed by atoms with Crippen LogP contribution in [-0.4, -0.2) is 86.7 Å². The van der Waals surface area contributed by atoms with Crippen LogP contribution in [-0.2, 0) is 4.74 Å². The summed E-state index contributed by atoms with van der Waals surface area (Å²) in [7, 11) is 3.47. The average Bonchev–Trinajstić information content (AvgIpc) is 3.45. The first kappa shape index (κ1) is 20.6. The molecule has 1 aliphatic rings. The summed E-state index contributed by atoms with van der Waals surface area (Å²) >= 11 is 0. The summed E-state index contributed by atoms with van der Waals surface area (Å²) in [4.78, 5) is 10.9. The molecule has 168 valence electrons. The van der Waals surface area contributed by atoms with E-state index in [4.69, 9.17) is 4.74 Å². The minimum Gasteiger partial charge on any atom is -0.383 e. The molecule has 0 bridgehead atoms. The molecule has 5 heterocycles. The van der Waals surface area contributed by atoms with Crippen LogP contribution in [0.5, 0.6) is 0 Å². The van der Waals surface area contributed by atoms with Gasteiger partial charge in [-0.3, -0.25) is 4.90 Å². The second kappa shape index (κ2) is 8.67. The first-order valence-electron chi connectivity index (χ1n) is 10.7. The maximum Gasteiger partial charge on any atom is 0.243 e. The number of alkyl halides is 1. The molecule has 1 saturated heterocycles. The molecule has 2 N–H and O–H groups in total. The molecule has 4 aromatic rings. The van der Waals surface area contributed by atoms with Crippen molar-refractivity contribution >= 4 is 22.9 Å². The number of imidazole rings is 1. The summed E-state index contributed by atoms with van der Waals surface area (Å²) in [6, 6.07) is 5.46. The van der Waals surface area contributed by atoms with Crippen LogP contribution in [0.15, 0.2) is 36.8 Å². The van der Waals surface area contributed by atoms with Crippen molar-refractivity contribution in [1.29, 1.82) is 0 Å². The first-order chi connectivity index (χ1) is 15.7. The summed E-state index contributed by atoms with van der Waals surface area (Å²) in [6.45, 7) is 2.52. The van der Waals surface area contributed by atoms with Gasteiger partial charge in [-0.2, -0.15) is 10.1 Å². The number of ether oxygens (including phenoxy) is 1. The van der Waals surface area contributed by atoms with Crippen molar-refractivity contribution in [3.05, 3.63) is 36.8 Å². The number of hydrogen-bond acceptors (Lipinski definition) is 8. The van der Waals surface area contributed by atoms with Crippen molar-refractivity contribution in [1.82, 2.24) is 34.1 Å². The van der Waals surface area contributed by atoms with Crippen LogP contribution >= 0.6 is 0 Å². The zero-order valence-electron chi connectivity index (χ0n) is 18.1. The molecule has 1 aliphatic heterocycles. The average molecular weight is 439 g/mol. The molecule has 32 heavy (non-hydrogen) atoms. The Morgan fingerprint density at radius 1 is 1.19 bits per heavy atom. The minimum atomic E-state index is -1.01. The zero-order valence-corrected chi connectivity index (χ0v) is 18.1. The maximum absolute atomic E-state index is 14.8. The molecule has 4 aromatic heterocycles. The van der Waals surface area contributed by atoms with Crippen LogP contribution < -0.4 is 10.6 Å². The molecule has 0 amide bonds. The standard InChI is InChI=1S/C21H26FN9O/c1-23-20-19-14(16-3-4-18-24-7-10-30(18)27-16)5-9-31(19)28-21(26-20)25-17-6-8-29(11-12-32-2)13-15(17)22/h3-5,7,9-10,15,17H,6,8,11-13H2,1-2H3,(H2,23,25,26,28)/t15-,17-/m0/s1. The van der Waals surface area contributed by atoms with Gasteiger partial charge < -0.3 is 15.4 Å². The Hall–Kier alpha value is -3.31. The van der Waals surface area contributed by atoms with E-state index in [-0.39, 0.29) is 6.04 Å². The van der Waals surface area contributed by atoms with Crippen molar-refractivity contribution in [2.45, 2.75) is 18.6 Å². The topological polar surface area (TPSA) is 96.9 Å². The lowest BCUT2D eigenvalue weighted by molar-refractivity contribution is 0.0918. The Balaban J connectivity index is 1.40. The highest BCUT2D eigenvalue weighted by Crippen LogP contribution is 2.29. The van der Waals surface area contributed by atoms with Gasteiger partial charge in [0.05, 0.1) is 18.3 Å². The van der Waals surface area contributed by atoms with Crippen molar-refractivity contribution in [2.75, 3.05) is 51.0 Å². The van der Waals surface area contributed by atoms with Gasteiger partial charge in [-0.1, -0.05) is 0 Å². The number of anilines is 2. The molecule has 0 radical (unpaired) electrons. The lowest BCUT2D eigenvalue weighted by Gasteiger charge is -2.34. The zero-order chi connectivity index (χ0) is 22.1. The second-order valence-corrected chi connectivity index (χ2v) is 7.85. The number of hydrogen-bond donors (Lipinski definition) is 2. The number of rotatable bonds is 7. The van der Waals surface area contributed by atoms with Gasteiger partial charge in [-0.05, 0) is 24.6 Å². The molecular weight excluding hydrogens is 413 g/mol. The van der Waals surface area contributed by atoms with Crippen LogP contribution in [0.1, 0.15) is 6.42 Å². The maximum atomic E-state index is 14.8. The number of fused-ring (bicyclic) bond motifs is 2.